The first-order valence-corrected chi connectivity index (χ1v) is 13.6. The van der Waals surface area contributed by atoms with Crippen LogP contribution < -0.4 is 5.32 Å². The van der Waals surface area contributed by atoms with Gasteiger partial charge in [-0.1, -0.05) is 17.7 Å². The Hall–Kier alpha value is -2.96. The number of rotatable bonds is 10. The maximum absolute atomic E-state index is 14.8. The van der Waals surface area contributed by atoms with Gasteiger partial charge in [-0.3, -0.25) is 4.68 Å². The Balaban J connectivity index is 2.32. The monoisotopic (exact) mass is 572 g/mol. The minimum atomic E-state index is -3.74. The van der Waals surface area contributed by atoms with Crippen LogP contribution in [0, 0.1) is 6.92 Å². The summed E-state index contributed by atoms with van der Waals surface area (Å²) in [5, 5.41) is 6.87. The fourth-order valence-electron chi connectivity index (χ4n) is 3.39. The summed E-state index contributed by atoms with van der Waals surface area (Å²) in [6.45, 7) is 8.49. The van der Waals surface area contributed by atoms with Gasteiger partial charge in [0.25, 0.3) is 0 Å². The van der Waals surface area contributed by atoms with Crippen molar-refractivity contribution in [3.63, 3.8) is 0 Å². The van der Waals surface area contributed by atoms with E-state index in [1.165, 1.54) is 37.0 Å². The van der Waals surface area contributed by atoms with E-state index in [0.717, 1.165) is 4.31 Å². The lowest BCUT2D eigenvalue weighted by molar-refractivity contribution is 0.0507. The van der Waals surface area contributed by atoms with Crippen molar-refractivity contribution in [2.75, 3.05) is 27.2 Å². The Morgan fingerprint density at radius 1 is 1.26 bits per heavy atom. The predicted molar refractivity (Wildman–Crippen MR) is 141 cm³/mol. The van der Waals surface area contributed by atoms with E-state index in [-0.39, 0.29) is 41.7 Å². The number of aromatic nitrogens is 2. The van der Waals surface area contributed by atoms with E-state index < -0.39 is 33.5 Å². The molecule has 0 saturated carbocycles. The molecule has 10 nitrogen and oxygen atoms in total. The predicted octanol–water partition coefficient (Wildman–Crippen LogP) is 4.24. The summed E-state index contributed by atoms with van der Waals surface area (Å²) in [7, 11) is -0.935. The van der Waals surface area contributed by atoms with Crippen molar-refractivity contribution in [3.8, 4) is 0 Å². The van der Waals surface area contributed by atoms with E-state index in [1.807, 2.05) is 0 Å². The number of carbonyl (C=O) groups is 2. The Morgan fingerprint density at radius 2 is 1.92 bits per heavy atom. The number of halogens is 2. The number of ether oxygens (including phenoxy) is 2. The van der Waals surface area contributed by atoms with E-state index in [4.69, 9.17) is 21.1 Å². The van der Waals surface area contributed by atoms with E-state index in [9.17, 15) is 22.4 Å². The first-order valence-electron chi connectivity index (χ1n) is 11.8. The van der Waals surface area contributed by atoms with Crippen molar-refractivity contribution in [1.82, 2.24) is 19.4 Å². The van der Waals surface area contributed by atoms with Gasteiger partial charge in [0, 0.05) is 32.6 Å². The van der Waals surface area contributed by atoms with E-state index >= 15 is 0 Å². The number of esters is 1. The van der Waals surface area contributed by atoms with Crippen molar-refractivity contribution in [3.05, 3.63) is 57.6 Å². The van der Waals surface area contributed by atoms with Gasteiger partial charge in [0.1, 0.15) is 16.3 Å². The van der Waals surface area contributed by atoms with Crippen molar-refractivity contribution in [2.24, 2.45) is 0 Å². The second-order valence-corrected chi connectivity index (χ2v) is 12.1. The summed E-state index contributed by atoms with van der Waals surface area (Å²) >= 11 is 6.26. The largest absolute Gasteiger partial charge is 0.461 e. The third-order valence-corrected chi connectivity index (χ3v) is 7.42. The molecule has 0 aliphatic carbocycles. The average Bonchev–Trinajstić information content (AvgIpc) is 3.06. The highest BCUT2D eigenvalue weighted by Crippen LogP contribution is 2.26. The minimum Gasteiger partial charge on any atom is -0.461 e. The molecular weight excluding hydrogens is 539 g/mol. The Kier molecular flexibility index (Phi) is 10.5. The molecule has 1 amide bonds. The zero-order valence-corrected chi connectivity index (χ0v) is 24.2. The number of hydrogen-bond donors (Lipinski definition) is 1. The average molecular weight is 573 g/mol. The molecule has 0 bridgehead atoms. The second-order valence-electron chi connectivity index (χ2n) is 9.55. The van der Waals surface area contributed by atoms with Gasteiger partial charge in [-0.05, 0) is 58.4 Å². The molecule has 0 aliphatic heterocycles. The number of nitrogens with one attached hydrogen (secondary N) is 1. The van der Waals surface area contributed by atoms with Gasteiger partial charge < -0.3 is 14.8 Å². The summed E-state index contributed by atoms with van der Waals surface area (Å²) in [6.07, 6.45) is 0.247. The SMILES string of the molecule is CCOC(=O)c1c(C/C(F)=C/CNC(=O)OC(C)(C)C)c(C)nn1Cc1ccc(S(=O)(=O)N(C)C)c(Cl)c1. The Morgan fingerprint density at radius 3 is 2.47 bits per heavy atom. The number of sulfonamides is 1. The normalized spacial score (nSPS) is 12.5. The highest BCUT2D eigenvalue weighted by atomic mass is 35.5. The molecule has 0 aliphatic rings. The van der Waals surface area contributed by atoms with Crippen LogP contribution in [-0.4, -0.2) is 67.4 Å². The number of benzene rings is 1. The van der Waals surface area contributed by atoms with E-state index in [2.05, 4.69) is 10.4 Å². The maximum Gasteiger partial charge on any atom is 0.407 e. The molecule has 0 spiro atoms. The second kappa shape index (κ2) is 12.7. The Labute approximate surface area is 227 Å². The number of hydrogen-bond acceptors (Lipinski definition) is 7. The third-order valence-electron chi connectivity index (χ3n) is 5.12. The summed E-state index contributed by atoms with van der Waals surface area (Å²) in [5.41, 5.74) is 0.693. The van der Waals surface area contributed by atoms with Crippen LogP contribution in [0.3, 0.4) is 0 Å². The van der Waals surface area contributed by atoms with E-state index in [0.29, 0.717) is 16.8 Å². The molecule has 210 valence electrons. The Bertz CT molecular complexity index is 1320. The van der Waals surface area contributed by atoms with Crippen LogP contribution in [0.15, 0.2) is 35.0 Å². The lowest BCUT2D eigenvalue weighted by Crippen LogP contribution is -2.32. The number of alkyl carbamates (subject to hydrolysis) is 1. The van der Waals surface area contributed by atoms with Crippen LogP contribution in [0.5, 0.6) is 0 Å². The lowest BCUT2D eigenvalue weighted by Gasteiger charge is -2.19. The van der Waals surface area contributed by atoms with Crippen LogP contribution in [0.1, 0.15) is 55.0 Å². The van der Waals surface area contributed by atoms with Gasteiger partial charge in [0.2, 0.25) is 10.0 Å². The fourth-order valence-corrected chi connectivity index (χ4v) is 4.83. The van der Waals surface area contributed by atoms with Gasteiger partial charge in [0.05, 0.1) is 23.9 Å². The third kappa shape index (κ3) is 8.27. The molecule has 2 aromatic rings. The van der Waals surface area contributed by atoms with Gasteiger partial charge >= 0.3 is 12.1 Å². The van der Waals surface area contributed by atoms with E-state index in [1.54, 1.807) is 40.7 Å². The topological polar surface area (TPSA) is 120 Å². The van der Waals surface area contributed by atoms with Gasteiger partial charge in [-0.25, -0.2) is 26.7 Å². The number of carbonyl (C=O) groups excluding carboxylic acids is 2. The highest BCUT2D eigenvalue weighted by Gasteiger charge is 2.25. The summed E-state index contributed by atoms with van der Waals surface area (Å²) in [6, 6.07) is 4.43. The van der Waals surface area contributed by atoms with Crippen LogP contribution in [-0.2, 0) is 32.5 Å². The van der Waals surface area contributed by atoms with Crippen LogP contribution in [0.4, 0.5) is 9.18 Å². The summed E-state index contributed by atoms with van der Waals surface area (Å²) < 4.78 is 52.4. The quantitative estimate of drug-likeness (QED) is 0.423. The zero-order chi connectivity index (χ0) is 28.8. The number of nitrogens with zero attached hydrogens (tertiary/aromatic N) is 3. The van der Waals surface area contributed by atoms with Crippen LogP contribution in [0.25, 0.3) is 0 Å². The smallest absolute Gasteiger partial charge is 0.407 e. The number of allylic oxidation sites excluding steroid dienone is 1. The molecule has 1 aromatic carbocycles. The first kappa shape index (κ1) is 31.3. The zero-order valence-electron chi connectivity index (χ0n) is 22.6. The molecule has 13 heteroatoms. The fraction of sp³-hybridized carbons (Fsp3) is 0.480. The van der Waals surface area contributed by atoms with Crippen LogP contribution >= 0.6 is 11.6 Å². The molecule has 0 fully saturated rings. The van der Waals surface area contributed by atoms with Crippen molar-refractivity contribution < 1.29 is 31.9 Å². The van der Waals surface area contributed by atoms with Crippen LogP contribution in [0.2, 0.25) is 5.02 Å². The molecule has 0 radical (unpaired) electrons. The molecule has 0 saturated heterocycles. The molecule has 1 heterocycles. The van der Waals surface area contributed by atoms with Crippen molar-refractivity contribution >= 4 is 33.7 Å². The maximum atomic E-state index is 14.8. The molecule has 0 unspecified atom stereocenters. The molecule has 38 heavy (non-hydrogen) atoms. The summed E-state index contributed by atoms with van der Waals surface area (Å²) in [5.74, 6) is -1.27. The van der Waals surface area contributed by atoms with Crippen molar-refractivity contribution in [1.29, 1.82) is 0 Å². The molecule has 1 aromatic heterocycles. The molecule has 0 atom stereocenters. The summed E-state index contributed by atoms with van der Waals surface area (Å²) in [4.78, 5) is 24.5. The molecular formula is C25H34ClFN4O6S. The minimum absolute atomic E-state index is 0.0180. The molecule has 1 N–H and O–H groups in total. The molecule has 2 rings (SSSR count). The van der Waals surface area contributed by atoms with Gasteiger partial charge in [-0.2, -0.15) is 5.10 Å². The first-order chi connectivity index (χ1) is 17.6. The number of aryl methyl sites for hydroxylation is 1. The van der Waals surface area contributed by atoms with Gasteiger partial charge in [0.15, 0.2) is 5.69 Å². The standard InChI is InChI=1S/C25H34ClFN4O6S/c1-8-36-23(32)22-19(14-18(27)11-12-28-24(33)37-25(3,4)5)16(2)29-31(22)15-17-9-10-21(20(26)13-17)38(34,35)30(6)7/h9-11,13H,8,12,14-15H2,1-7H3,(H,28,33)/b18-11-. The highest BCUT2D eigenvalue weighted by molar-refractivity contribution is 7.89. The van der Waals surface area contributed by atoms with Crippen molar-refractivity contribution in [2.45, 2.75) is 58.1 Å². The van der Waals surface area contributed by atoms with Gasteiger partial charge in [-0.15, -0.1) is 0 Å². The lowest BCUT2D eigenvalue weighted by atomic mass is 10.1. The number of amides is 1.